The molecule has 2 aromatic carbocycles. The van der Waals surface area contributed by atoms with Crippen molar-refractivity contribution in [3.05, 3.63) is 64.6 Å². The second-order valence-corrected chi connectivity index (χ2v) is 6.87. The van der Waals surface area contributed by atoms with Gasteiger partial charge in [-0.15, -0.1) is 0 Å². The first kappa shape index (κ1) is 13.9. The van der Waals surface area contributed by atoms with Crippen LogP contribution in [0.3, 0.4) is 0 Å². The van der Waals surface area contributed by atoms with Gasteiger partial charge < -0.3 is 5.11 Å². The maximum absolute atomic E-state index is 12.5. The van der Waals surface area contributed by atoms with Crippen molar-refractivity contribution in [1.82, 2.24) is 0 Å². The van der Waals surface area contributed by atoms with Crippen LogP contribution in [0, 0.1) is 0 Å². The van der Waals surface area contributed by atoms with Gasteiger partial charge in [0, 0.05) is 22.1 Å². The molecule has 0 spiro atoms. The van der Waals surface area contributed by atoms with Crippen LogP contribution < -0.4 is 0 Å². The summed E-state index contributed by atoms with van der Waals surface area (Å²) in [5, 5.41) is 11.3. The number of fused-ring (bicyclic) bond motifs is 1. The first-order chi connectivity index (χ1) is 10.0. The van der Waals surface area contributed by atoms with Gasteiger partial charge in [0.05, 0.1) is 4.90 Å². The van der Waals surface area contributed by atoms with Crippen molar-refractivity contribution in [3.63, 3.8) is 0 Å². The quantitative estimate of drug-likeness (QED) is 0.943. The molecule has 3 rings (SSSR count). The number of rotatable bonds is 3. The van der Waals surface area contributed by atoms with Gasteiger partial charge in [0.25, 0.3) is 0 Å². The number of sulfone groups is 1. The molecule has 0 aromatic heterocycles. The molecule has 4 heteroatoms. The lowest BCUT2D eigenvalue weighted by molar-refractivity contribution is 0.464. The largest absolute Gasteiger partial charge is 0.508 e. The molecule has 0 aliphatic carbocycles. The van der Waals surface area contributed by atoms with E-state index in [0.717, 1.165) is 12.0 Å². The van der Waals surface area contributed by atoms with Crippen LogP contribution in [0.1, 0.15) is 30.0 Å². The zero-order valence-electron chi connectivity index (χ0n) is 11.7. The van der Waals surface area contributed by atoms with Crippen LogP contribution in [0.15, 0.2) is 52.8 Å². The summed E-state index contributed by atoms with van der Waals surface area (Å²) in [6.45, 7) is 1.96. The minimum Gasteiger partial charge on any atom is -0.508 e. The van der Waals surface area contributed by atoms with Gasteiger partial charge >= 0.3 is 0 Å². The number of hydrogen-bond donors (Lipinski definition) is 1. The predicted molar refractivity (Wildman–Crippen MR) is 82.8 cm³/mol. The van der Waals surface area contributed by atoms with Crippen LogP contribution in [-0.4, -0.2) is 13.5 Å². The fourth-order valence-corrected chi connectivity index (χ4v) is 4.49. The Morgan fingerprint density at radius 2 is 1.76 bits per heavy atom. The lowest BCUT2D eigenvalue weighted by Gasteiger charge is -2.11. The van der Waals surface area contributed by atoms with Crippen LogP contribution in [0.25, 0.3) is 5.57 Å². The minimum absolute atomic E-state index is 0.0573. The zero-order valence-corrected chi connectivity index (χ0v) is 12.5. The highest BCUT2D eigenvalue weighted by Crippen LogP contribution is 2.42. The van der Waals surface area contributed by atoms with Gasteiger partial charge in [-0.25, -0.2) is 8.42 Å². The summed E-state index contributed by atoms with van der Waals surface area (Å²) in [6, 6.07) is 12.7. The van der Waals surface area contributed by atoms with Gasteiger partial charge in [0.1, 0.15) is 5.75 Å². The monoisotopic (exact) mass is 300 g/mol. The van der Waals surface area contributed by atoms with Crippen LogP contribution in [-0.2, 0) is 16.3 Å². The van der Waals surface area contributed by atoms with Gasteiger partial charge in [0.15, 0.2) is 0 Å². The van der Waals surface area contributed by atoms with Crippen molar-refractivity contribution in [2.75, 3.05) is 0 Å². The Morgan fingerprint density at radius 3 is 2.43 bits per heavy atom. The van der Waals surface area contributed by atoms with Crippen molar-refractivity contribution >= 4 is 15.4 Å². The SMILES string of the molecule is CCCc1c(O)ccc2c1S(=O)(=O)C=C2c1ccccc1. The topological polar surface area (TPSA) is 54.4 Å². The average Bonchev–Trinajstić information content (AvgIpc) is 2.75. The van der Waals surface area contributed by atoms with Gasteiger partial charge in [-0.1, -0.05) is 43.7 Å². The highest BCUT2D eigenvalue weighted by molar-refractivity contribution is 7.95. The third-order valence-electron chi connectivity index (χ3n) is 3.67. The smallest absolute Gasteiger partial charge is 0.201 e. The number of aromatic hydroxyl groups is 1. The maximum atomic E-state index is 12.5. The molecule has 21 heavy (non-hydrogen) atoms. The Labute approximate surface area is 124 Å². The molecule has 1 N–H and O–H groups in total. The fraction of sp³-hybridized carbons (Fsp3) is 0.176. The van der Waals surface area contributed by atoms with Crippen molar-refractivity contribution < 1.29 is 13.5 Å². The van der Waals surface area contributed by atoms with Crippen LogP contribution in [0.2, 0.25) is 0 Å². The van der Waals surface area contributed by atoms with Crippen LogP contribution >= 0.6 is 0 Å². The summed E-state index contributed by atoms with van der Waals surface area (Å²) in [5.74, 6) is 0.0573. The lowest BCUT2D eigenvalue weighted by Crippen LogP contribution is -2.01. The number of phenols is 1. The Kier molecular flexibility index (Phi) is 3.33. The second-order valence-electron chi connectivity index (χ2n) is 5.13. The zero-order chi connectivity index (χ0) is 15.0. The Morgan fingerprint density at radius 1 is 1.05 bits per heavy atom. The van der Waals surface area contributed by atoms with E-state index in [1.165, 1.54) is 5.41 Å². The Hall–Kier alpha value is -2.07. The van der Waals surface area contributed by atoms with E-state index >= 15 is 0 Å². The first-order valence-corrected chi connectivity index (χ1v) is 8.46. The minimum atomic E-state index is -3.50. The highest BCUT2D eigenvalue weighted by atomic mass is 32.2. The van der Waals surface area contributed by atoms with Crippen molar-refractivity contribution in [3.8, 4) is 5.75 Å². The van der Waals surface area contributed by atoms with Crippen molar-refractivity contribution in [2.45, 2.75) is 24.7 Å². The highest BCUT2D eigenvalue weighted by Gasteiger charge is 2.31. The first-order valence-electron chi connectivity index (χ1n) is 6.92. The standard InChI is InChI=1S/C17H16O3S/c1-2-6-14-16(18)10-9-13-15(11-21(19,20)17(13)14)12-7-4-3-5-8-12/h3-5,7-11,18H,2,6H2,1H3. The van der Waals surface area contributed by atoms with Crippen LogP contribution in [0.4, 0.5) is 0 Å². The van der Waals surface area contributed by atoms with Crippen molar-refractivity contribution in [1.29, 1.82) is 0 Å². The molecule has 108 valence electrons. The molecule has 0 amide bonds. The second kappa shape index (κ2) is 5.04. The molecule has 1 aliphatic rings. The Bertz CT molecular complexity index is 819. The van der Waals surface area contributed by atoms with E-state index in [-0.39, 0.29) is 10.6 Å². The molecule has 0 saturated carbocycles. The molecule has 0 atom stereocenters. The van der Waals surface area contributed by atoms with Gasteiger partial charge in [0.2, 0.25) is 9.84 Å². The molecular weight excluding hydrogens is 284 g/mol. The van der Waals surface area contributed by atoms with Crippen LogP contribution in [0.5, 0.6) is 5.75 Å². The molecule has 0 saturated heterocycles. The van der Waals surface area contributed by atoms with E-state index in [9.17, 15) is 13.5 Å². The van der Waals surface area contributed by atoms with Gasteiger partial charge in [-0.3, -0.25) is 0 Å². The maximum Gasteiger partial charge on any atom is 0.201 e. The summed E-state index contributed by atoms with van der Waals surface area (Å²) in [6.07, 6.45) is 1.32. The molecular formula is C17H16O3S. The number of hydrogen-bond acceptors (Lipinski definition) is 3. The predicted octanol–water partition coefficient (Wildman–Crippen LogP) is 3.52. The van der Waals surface area contributed by atoms with E-state index in [1.807, 2.05) is 37.3 Å². The number of benzene rings is 2. The van der Waals surface area contributed by atoms with Crippen molar-refractivity contribution in [2.24, 2.45) is 0 Å². The summed E-state index contributed by atoms with van der Waals surface area (Å²) in [4.78, 5) is 0.267. The van der Waals surface area contributed by atoms with Gasteiger partial charge in [-0.05, 0) is 24.1 Å². The molecule has 0 bridgehead atoms. The van der Waals surface area contributed by atoms with E-state index in [1.54, 1.807) is 12.1 Å². The summed E-state index contributed by atoms with van der Waals surface area (Å²) < 4.78 is 25.0. The molecule has 0 fully saturated rings. The van der Waals surface area contributed by atoms with E-state index in [2.05, 4.69) is 0 Å². The Balaban J connectivity index is 2.27. The third kappa shape index (κ3) is 2.25. The van der Waals surface area contributed by atoms with E-state index < -0.39 is 9.84 Å². The molecule has 0 radical (unpaired) electrons. The third-order valence-corrected chi connectivity index (χ3v) is 5.25. The molecule has 2 aromatic rings. The lowest BCUT2D eigenvalue weighted by atomic mass is 9.96. The molecule has 1 heterocycles. The summed E-state index contributed by atoms with van der Waals surface area (Å²) in [7, 11) is -3.50. The van der Waals surface area contributed by atoms with Gasteiger partial charge in [-0.2, -0.15) is 0 Å². The number of phenolic OH excluding ortho intramolecular Hbond substituents is 1. The fourth-order valence-electron chi connectivity index (χ4n) is 2.76. The molecule has 0 unspecified atom stereocenters. The normalized spacial score (nSPS) is 15.6. The average molecular weight is 300 g/mol. The molecule has 1 aliphatic heterocycles. The van der Waals surface area contributed by atoms with E-state index in [0.29, 0.717) is 23.1 Å². The van der Waals surface area contributed by atoms with E-state index in [4.69, 9.17) is 0 Å². The summed E-state index contributed by atoms with van der Waals surface area (Å²) >= 11 is 0. The summed E-state index contributed by atoms with van der Waals surface area (Å²) in [5.41, 5.74) is 2.77. The molecule has 3 nitrogen and oxygen atoms in total.